The zero-order valence-electron chi connectivity index (χ0n) is 16.2. The van der Waals surface area contributed by atoms with Crippen LogP contribution in [0, 0.1) is 40.4 Å². The minimum Gasteiger partial charge on any atom is -0.395 e. The highest BCUT2D eigenvalue weighted by Crippen LogP contribution is 2.67. The molecule has 0 saturated heterocycles. The molecule has 4 aliphatic rings. The number of carbonyl (C=O) groups excluding carboxylic acids is 1. The zero-order chi connectivity index (χ0) is 18.1. The third-order valence-corrected chi connectivity index (χ3v) is 9.19. The molecular weight excluding hydrogens is 312 g/mol. The second-order valence-corrected chi connectivity index (χ2v) is 9.94. The van der Waals surface area contributed by atoms with E-state index >= 15 is 0 Å². The minimum absolute atomic E-state index is 0.0516. The summed E-state index contributed by atoms with van der Waals surface area (Å²) in [6.45, 7) is 9.00. The van der Waals surface area contributed by atoms with Gasteiger partial charge in [0, 0.05) is 11.8 Å². The third kappa shape index (κ3) is 2.09. The Bertz CT molecular complexity index is 623. The molecule has 3 fully saturated rings. The van der Waals surface area contributed by atoms with Crippen LogP contribution in [0.15, 0.2) is 11.1 Å². The Morgan fingerprint density at radius 2 is 1.84 bits per heavy atom. The van der Waals surface area contributed by atoms with Crippen LogP contribution in [0.3, 0.4) is 0 Å². The summed E-state index contributed by atoms with van der Waals surface area (Å²) in [5, 5.41) is 21.3. The summed E-state index contributed by atoms with van der Waals surface area (Å²) in [7, 11) is 0. The van der Waals surface area contributed by atoms with E-state index in [2.05, 4.69) is 20.8 Å². The highest BCUT2D eigenvalue weighted by atomic mass is 16.3. The van der Waals surface area contributed by atoms with Crippen LogP contribution in [-0.2, 0) is 4.79 Å². The molecule has 0 aromatic carbocycles. The third-order valence-electron chi connectivity index (χ3n) is 9.19. The van der Waals surface area contributed by atoms with Gasteiger partial charge >= 0.3 is 0 Å². The van der Waals surface area contributed by atoms with Crippen LogP contribution < -0.4 is 0 Å². The maximum Gasteiger partial charge on any atom is 0.158 e. The topological polar surface area (TPSA) is 57.5 Å². The Kier molecular flexibility index (Phi) is 4.01. The highest BCUT2D eigenvalue weighted by molar-refractivity contribution is 5.97. The Balaban J connectivity index is 1.83. The smallest absolute Gasteiger partial charge is 0.158 e. The number of ketones is 1. The molecular formula is C22H34O3. The molecule has 4 aliphatic carbocycles. The van der Waals surface area contributed by atoms with E-state index in [4.69, 9.17) is 0 Å². The summed E-state index contributed by atoms with van der Waals surface area (Å²) in [4.78, 5) is 12.5. The van der Waals surface area contributed by atoms with Gasteiger partial charge in [-0.05, 0) is 79.6 Å². The van der Waals surface area contributed by atoms with Crippen molar-refractivity contribution in [3.63, 3.8) is 0 Å². The number of rotatable bonds is 1. The number of aliphatic hydroxyl groups is 2. The van der Waals surface area contributed by atoms with E-state index in [1.807, 2.05) is 6.92 Å². The Labute approximate surface area is 151 Å². The Morgan fingerprint density at radius 3 is 2.52 bits per heavy atom. The molecule has 0 unspecified atom stereocenters. The van der Waals surface area contributed by atoms with Crippen molar-refractivity contribution in [2.24, 2.45) is 40.4 Å². The van der Waals surface area contributed by atoms with Crippen LogP contribution in [0.25, 0.3) is 0 Å². The molecule has 0 aliphatic heterocycles. The van der Waals surface area contributed by atoms with Crippen molar-refractivity contribution in [2.45, 2.75) is 72.3 Å². The molecule has 4 rings (SSSR count). The summed E-state index contributed by atoms with van der Waals surface area (Å²) in [6.07, 6.45) is 5.55. The molecule has 140 valence electrons. The zero-order valence-corrected chi connectivity index (χ0v) is 16.2. The molecule has 0 aromatic heterocycles. The normalized spacial score (nSPS) is 52.6. The lowest BCUT2D eigenvalue weighted by atomic mass is 9.42. The van der Waals surface area contributed by atoms with Crippen LogP contribution in [0.5, 0.6) is 0 Å². The lowest BCUT2D eigenvalue weighted by Gasteiger charge is -2.62. The van der Waals surface area contributed by atoms with Crippen LogP contribution in [0.4, 0.5) is 0 Å². The van der Waals surface area contributed by atoms with E-state index in [0.717, 1.165) is 37.7 Å². The number of aliphatic hydroxyl groups excluding tert-OH is 2. The predicted molar refractivity (Wildman–Crippen MR) is 97.8 cm³/mol. The van der Waals surface area contributed by atoms with E-state index in [9.17, 15) is 15.0 Å². The molecule has 0 aromatic rings. The first-order chi connectivity index (χ1) is 11.8. The summed E-state index contributed by atoms with van der Waals surface area (Å²) in [5.41, 5.74) is 2.06. The summed E-state index contributed by atoms with van der Waals surface area (Å²) in [5.74, 6) is 2.62. The van der Waals surface area contributed by atoms with Crippen molar-refractivity contribution in [3.05, 3.63) is 11.1 Å². The Morgan fingerprint density at radius 1 is 1.12 bits per heavy atom. The molecule has 3 heteroatoms. The average Bonchev–Trinajstić information content (AvgIpc) is 2.88. The fourth-order valence-corrected chi connectivity index (χ4v) is 7.75. The number of hydrogen-bond acceptors (Lipinski definition) is 3. The summed E-state index contributed by atoms with van der Waals surface area (Å²) >= 11 is 0. The van der Waals surface area contributed by atoms with Crippen molar-refractivity contribution in [1.82, 2.24) is 0 Å². The summed E-state index contributed by atoms with van der Waals surface area (Å²) < 4.78 is 0. The van der Waals surface area contributed by atoms with Crippen LogP contribution >= 0.6 is 0 Å². The molecule has 25 heavy (non-hydrogen) atoms. The quantitative estimate of drug-likeness (QED) is 0.760. The van der Waals surface area contributed by atoms with Gasteiger partial charge in [-0.25, -0.2) is 0 Å². The molecule has 3 nitrogen and oxygen atoms in total. The Hall–Kier alpha value is -0.670. The fraction of sp³-hybridized carbons (Fsp3) is 0.864. The molecule has 0 bridgehead atoms. The van der Waals surface area contributed by atoms with Gasteiger partial charge in [0.05, 0.1) is 12.7 Å². The number of carbonyl (C=O) groups is 1. The van der Waals surface area contributed by atoms with Crippen molar-refractivity contribution >= 4 is 5.78 Å². The largest absolute Gasteiger partial charge is 0.395 e. The van der Waals surface area contributed by atoms with Crippen LogP contribution in [0.2, 0.25) is 0 Å². The molecule has 2 N–H and O–H groups in total. The molecule has 0 heterocycles. The maximum absolute atomic E-state index is 12.5. The van der Waals surface area contributed by atoms with Gasteiger partial charge < -0.3 is 10.2 Å². The molecule has 0 spiro atoms. The van der Waals surface area contributed by atoms with Gasteiger partial charge in [-0.2, -0.15) is 0 Å². The number of hydrogen-bond donors (Lipinski definition) is 2. The average molecular weight is 347 g/mol. The standard InChI is InChI=1S/C22H34O3/c1-12-9-17-14(3)18(24)10-13(2)22(17,11-23)16-7-8-21(4)15(20(12)16)5-6-19(21)25/h12-13,15-16,19-20,23,25H,5-11H2,1-4H3/t12-,13+,15+,16+,19+,20+,21+,22-/m1/s1. The van der Waals surface area contributed by atoms with Crippen LogP contribution in [0.1, 0.15) is 66.2 Å². The van der Waals surface area contributed by atoms with Gasteiger partial charge in [0.1, 0.15) is 0 Å². The molecule has 0 radical (unpaired) electrons. The van der Waals surface area contributed by atoms with Gasteiger partial charge in [0.15, 0.2) is 5.78 Å². The van der Waals surface area contributed by atoms with Crippen molar-refractivity contribution < 1.29 is 15.0 Å². The van der Waals surface area contributed by atoms with Crippen molar-refractivity contribution in [1.29, 1.82) is 0 Å². The second-order valence-electron chi connectivity index (χ2n) is 9.94. The lowest BCUT2D eigenvalue weighted by molar-refractivity contribution is -0.134. The monoisotopic (exact) mass is 346 g/mol. The van der Waals surface area contributed by atoms with Gasteiger partial charge in [-0.1, -0.05) is 26.3 Å². The first kappa shape index (κ1) is 17.7. The van der Waals surface area contributed by atoms with E-state index in [-0.39, 0.29) is 35.2 Å². The lowest BCUT2D eigenvalue weighted by Crippen LogP contribution is -2.58. The maximum atomic E-state index is 12.5. The number of fused-ring (bicyclic) bond motifs is 5. The first-order valence-electron chi connectivity index (χ1n) is 10.3. The van der Waals surface area contributed by atoms with Gasteiger partial charge in [0.2, 0.25) is 0 Å². The van der Waals surface area contributed by atoms with E-state index in [1.165, 1.54) is 5.57 Å². The highest BCUT2D eigenvalue weighted by Gasteiger charge is 2.63. The minimum atomic E-state index is -0.204. The molecule has 3 saturated carbocycles. The van der Waals surface area contributed by atoms with Crippen LogP contribution in [-0.4, -0.2) is 28.7 Å². The SMILES string of the molecule is CC1=C2C[C@@H](C)[C@H]3[C@@H]4CC[C@H](O)[C@@]4(C)CC[C@@H]3[C@@]2(CO)[C@@H](C)CC1=O. The summed E-state index contributed by atoms with van der Waals surface area (Å²) in [6, 6.07) is 0. The second kappa shape index (κ2) is 5.66. The van der Waals surface area contributed by atoms with Gasteiger partial charge in [0.25, 0.3) is 0 Å². The van der Waals surface area contributed by atoms with E-state index in [0.29, 0.717) is 30.1 Å². The fourth-order valence-electron chi connectivity index (χ4n) is 7.75. The molecule has 0 amide bonds. The van der Waals surface area contributed by atoms with E-state index in [1.54, 1.807) is 0 Å². The van der Waals surface area contributed by atoms with Gasteiger partial charge in [-0.3, -0.25) is 4.79 Å². The predicted octanol–water partition coefficient (Wildman–Crippen LogP) is 3.73. The van der Waals surface area contributed by atoms with Gasteiger partial charge in [-0.15, -0.1) is 0 Å². The van der Waals surface area contributed by atoms with Crippen molar-refractivity contribution in [2.75, 3.05) is 6.61 Å². The van der Waals surface area contributed by atoms with E-state index < -0.39 is 0 Å². The number of Topliss-reactive ketones (excluding diaryl/α,β-unsaturated/α-hetero) is 1. The first-order valence-corrected chi connectivity index (χ1v) is 10.3. The molecule has 8 atom stereocenters. The van der Waals surface area contributed by atoms with Crippen molar-refractivity contribution in [3.8, 4) is 0 Å².